The van der Waals surface area contributed by atoms with Gasteiger partial charge in [0.1, 0.15) is 22.3 Å². The minimum atomic E-state index is 0.600. The minimum Gasteiger partial charge on any atom is -0.456 e. The van der Waals surface area contributed by atoms with Gasteiger partial charge in [0, 0.05) is 143 Å². The van der Waals surface area contributed by atoms with E-state index in [1.807, 2.05) is 182 Å². The quantitative estimate of drug-likeness (QED) is 0.135. The van der Waals surface area contributed by atoms with Gasteiger partial charge in [-0.1, -0.05) is 315 Å². The van der Waals surface area contributed by atoms with Crippen LogP contribution in [0.2, 0.25) is 5.02 Å². The molecule has 12 nitrogen and oxygen atoms in total. The third kappa shape index (κ3) is 13.3. The molecule has 18 aromatic carbocycles. The lowest BCUT2D eigenvalue weighted by atomic mass is 10.0. The Balaban J connectivity index is 0.000000121. The van der Waals surface area contributed by atoms with E-state index in [1.165, 1.54) is 54.8 Å². The number of benzene rings is 18. The molecule has 127 heavy (non-hydrogen) atoms. The average molecular weight is 1650 g/mol. The van der Waals surface area contributed by atoms with Crippen LogP contribution >= 0.6 is 11.6 Å². The SMILES string of the molecule is Clc1ccc2c3cc4c(cc3n(-c3cccc(-c5nc(-c6ccccc6)nc(-c6ccccc6)n5)c3)c2c1)oc1ccccc14.c1ccc(-c2ccc3[nH]c4ccccc4c3c2)cc1.c1ccc(-c2ccc3c(c2)c2ccccc2n3-c2ccc3c4cc5c(cc4n(-c4cccc(-c6nc(-c7ccccc7)nc(-c7ccccc7)n6)c4)c3c2)oc2ccccc25)cc1. The summed E-state index contributed by atoms with van der Waals surface area (Å²) in [5.74, 6) is 3.71. The standard InChI is InChI=1S/C57H35N5O.C39H23ClN4O.C18H13N/c1-4-15-36(16-5-1)39-27-30-50-46(32-39)43-23-10-12-25-49(43)61(50)42-28-29-44-47-34-48-45-24-11-13-26-53(45)63-54(48)35-52(47)62(51(44)33-42)41-22-14-21-40(31-41)57-59-55(37-17-6-2-7-18-37)58-56(60-57)38-19-8-3-9-20-38;40-27-18-19-29-31-22-32-30-16-7-8-17-35(30)45-36(32)23-34(31)44(33(29)21-27)28-15-9-14-26(20-28)39-42-37(24-10-3-1-4-11-24)41-38(43-39)25-12-5-2-6-13-25;1-2-6-13(7-3-1)14-10-11-18-16(12-14)15-8-4-5-9-17(15)19-18/h1-35H;1-23H;1-12,19H. The van der Waals surface area contributed by atoms with Crippen LogP contribution in [0.4, 0.5) is 0 Å². The molecule has 0 saturated carbocycles. The Morgan fingerprint density at radius 2 is 0.520 bits per heavy atom. The highest BCUT2D eigenvalue weighted by Crippen LogP contribution is 2.45. The number of rotatable bonds is 11. The molecule has 0 aliphatic carbocycles. The highest BCUT2D eigenvalue weighted by Gasteiger charge is 2.24. The van der Waals surface area contributed by atoms with Crippen LogP contribution < -0.4 is 0 Å². The van der Waals surface area contributed by atoms with Gasteiger partial charge in [-0.3, -0.25) is 0 Å². The topological polar surface area (TPSA) is 134 Å². The number of aromatic amines is 1. The van der Waals surface area contributed by atoms with Crippen LogP contribution in [-0.4, -0.2) is 48.6 Å². The second kappa shape index (κ2) is 30.9. The van der Waals surface area contributed by atoms with Crippen molar-refractivity contribution >= 4 is 143 Å². The van der Waals surface area contributed by atoms with E-state index in [9.17, 15) is 0 Å². The lowest BCUT2D eigenvalue weighted by Crippen LogP contribution is -2.01. The molecule has 0 saturated heterocycles. The van der Waals surface area contributed by atoms with Gasteiger partial charge in [0.25, 0.3) is 0 Å². The number of halogens is 1. The summed E-state index contributed by atoms with van der Waals surface area (Å²) in [6, 6.07) is 147. The minimum absolute atomic E-state index is 0.600. The maximum atomic E-state index is 6.59. The summed E-state index contributed by atoms with van der Waals surface area (Å²) in [5.41, 5.74) is 25.7. The molecule has 8 aromatic heterocycles. The Morgan fingerprint density at radius 3 is 1.02 bits per heavy atom. The molecule has 0 spiro atoms. The fourth-order valence-corrected chi connectivity index (χ4v) is 18.5. The lowest BCUT2D eigenvalue weighted by molar-refractivity contribution is 0.669. The van der Waals surface area contributed by atoms with Crippen LogP contribution in [0, 0.1) is 0 Å². The van der Waals surface area contributed by atoms with Crippen LogP contribution in [0.3, 0.4) is 0 Å². The van der Waals surface area contributed by atoms with Crippen molar-refractivity contribution < 1.29 is 8.83 Å². The number of hydrogen-bond acceptors (Lipinski definition) is 8. The van der Waals surface area contributed by atoms with Crippen LogP contribution in [0.25, 0.3) is 239 Å². The largest absolute Gasteiger partial charge is 0.456 e. The highest BCUT2D eigenvalue weighted by molar-refractivity contribution is 6.32. The van der Waals surface area contributed by atoms with E-state index in [0.717, 1.165) is 149 Å². The van der Waals surface area contributed by atoms with Crippen molar-refractivity contribution in [3.8, 4) is 108 Å². The number of nitrogens with zero attached hydrogens (tertiary/aromatic N) is 9. The van der Waals surface area contributed by atoms with Gasteiger partial charge in [0.05, 0.1) is 33.1 Å². The first-order chi connectivity index (χ1) is 62.8. The van der Waals surface area contributed by atoms with Crippen molar-refractivity contribution in [3.63, 3.8) is 0 Å². The molecular weight excluding hydrogens is 1580 g/mol. The molecular formula is C114H71ClN10O2. The number of nitrogens with one attached hydrogen (secondary N) is 1. The Labute approximate surface area is 732 Å². The van der Waals surface area contributed by atoms with Crippen LogP contribution in [0.5, 0.6) is 0 Å². The number of aromatic nitrogens is 10. The van der Waals surface area contributed by atoms with E-state index in [-0.39, 0.29) is 0 Å². The highest BCUT2D eigenvalue weighted by atomic mass is 35.5. The van der Waals surface area contributed by atoms with E-state index in [4.69, 9.17) is 50.3 Å². The molecule has 0 atom stereocenters. The van der Waals surface area contributed by atoms with Crippen molar-refractivity contribution in [1.29, 1.82) is 0 Å². The first kappa shape index (κ1) is 73.9. The molecule has 0 radical (unpaired) electrons. The zero-order valence-corrected chi connectivity index (χ0v) is 68.9. The Bertz CT molecular complexity index is 8670. The maximum absolute atomic E-state index is 6.59. The predicted octanol–water partition coefficient (Wildman–Crippen LogP) is 30.1. The summed E-state index contributed by atoms with van der Waals surface area (Å²) in [7, 11) is 0. The number of H-pyrrole nitrogens is 1. The molecule has 0 bridgehead atoms. The molecule has 0 fully saturated rings. The van der Waals surface area contributed by atoms with E-state index in [0.29, 0.717) is 40.0 Å². The van der Waals surface area contributed by atoms with E-state index < -0.39 is 0 Å². The van der Waals surface area contributed by atoms with Crippen molar-refractivity contribution in [2.75, 3.05) is 0 Å². The third-order valence-electron chi connectivity index (χ3n) is 24.3. The number of furan rings is 2. The van der Waals surface area contributed by atoms with Gasteiger partial charge < -0.3 is 27.5 Å². The molecule has 0 aliphatic heterocycles. The zero-order chi connectivity index (χ0) is 84.0. The fraction of sp³-hybridized carbons (Fsp3) is 0. The van der Waals surface area contributed by atoms with Crippen molar-refractivity contribution in [3.05, 3.63) is 430 Å². The summed E-state index contributed by atoms with van der Waals surface area (Å²) < 4.78 is 19.8. The second-order valence-corrected chi connectivity index (χ2v) is 32.3. The summed E-state index contributed by atoms with van der Waals surface area (Å²) in [6.07, 6.45) is 0. The van der Waals surface area contributed by atoms with Crippen LogP contribution in [0.1, 0.15) is 0 Å². The third-order valence-corrected chi connectivity index (χ3v) is 24.5. The lowest BCUT2D eigenvalue weighted by Gasteiger charge is -2.13. The molecule has 1 N–H and O–H groups in total. The van der Waals surface area contributed by atoms with E-state index >= 15 is 0 Å². The van der Waals surface area contributed by atoms with Gasteiger partial charge in [-0.25, -0.2) is 29.9 Å². The van der Waals surface area contributed by atoms with Crippen molar-refractivity contribution in [2.24, 2.45) is 0 Å². The molecule has 26 rings (SSSR count). The molecule has 596 valence electrons. The normalized spacial score (nSPS) is 11.7. The monoisotopic (exact) mass is 1650 g/mol. The summed E-state index contributed by atoms with van der Waals surface area (Å²) in [4.78, 5) is 33.4. The summed E-state index contributed by atoms with van der Waals surface area (Å²) in [5, 5.41) is 14.6. The molecule has 8 heterocycles. The predicted molar refractivity (Wildman–Crippen MR) is 522 cm³/mol. The van der Waals surface area contributed by atoms with Crippen LogP contribution in [0.15, 0.2) is 433 Å². The smallest absolute Gasteiger partial charge is 0.164 e. The number of hydrogen-bond donors (Lipinski definition) is 1. The molecule has 0 amide bonds. The average Bonchev–Trinajstić information content (AvgIpc) is 1.56. The summed E-state index contributed by atoms with van der Waals surface area (Å²) >= 11 is 6.59. The van der Waals surface area contributed by atoms with Crippen LogP contribution in [-0.2, 0) is 0 Å². The number of para-hydroxylation sites is 4. The fourth-order valence-electron chi connectivity index (χ4n) is 18.3. The molecule has 0 aliphatic rings. The van der Waals surface area contributed by atoms with E-state index in [1.54, 1.807) is 0 Å². The second-order valence-electron chi connectivity index (χ2n) is 31.9. The molecule has 26 aromatic rings. The number of fused-ring (bicyclic) bond motifs is 18. The van der Waals surface area contributed by atoms with Gasteiger partial charge in [0.15, 0.2) is 34.9 Å². The van der Waals surface area contributed by atoms with Crippen molar-refractivity contribution in [2.45, 2.75) is 0 Å². The molecule has 13 heteroatoms. The Hall–Kier alpha value is -16.9. The van der Waals surface area contributed by atoms with Gasteiger partial charge in [-0.2, -0.15) is 0 Å². The first-order valence-electron chi connectivity index (χ1n) is 42.4. The van der Waals surface area contributed by atoms with E-state index in [2.05, 4.69) is 261 Å². The Kier molecular flexibility index (Phi) is 18.0. The molecule has 0 unspecified atom stereocenters. The van der Waals surface area contributed by atoms with Gasteiger partial charge in [0.2, 0.25) is 0 Å². The summed E-state index contributed by atoms with van der Waals surface area (Å²) in [6.45, 7) is 0. The first-order valence-corrected chi connectivity index (χ1v) is 42.8. The maximum Gasteiger partial charge on any atom is 0.164 e. The van der Waals surface area contributed by atoms with Gasteiger partial charge in [-0.15, -0.1) is 0 Å². The van der Waals surface area contributed by atoms with Gasteiger partial charge >= 0.3 is 0 Å². The zero-order valence-electron chi connectivity index (χ0n) is 68.1. The van der Waals surface area contributed by atoms with Gasteiger partial charge in [-0.05, 0) is 131 Å². The Morgan fingerprint density at radius 1 is 0.181 bits per heavy atom. The van der Waals surface area contributed by atoms with Crippen molar-refractivity contribution in [1.82, 2.24) is 48.6 Å².